The van der Waals surface area contributed by atoms with Crippen LogP contribution in [0.4, 0.5) is 13.2 Å². The summed E-state index contributed by atoms with van der Waals surface area (Å²) in [5.41, 5.74) is 3.29. The predicted octanol–water partition coefficient (Wildman–Crippen LogP) is 8.18. The minimum atomic E-state index is -4.75. The lowest BCUT2D eigenvalue weighted by molar-refractivity contribution is -0.274. The lowest BCUT2D eigenvalue weighted by Crippen LogP contribution is -2.17. The Hall–Kier alpha value is -4.01. The first-order valence-corrected chi connectivity index (χ1v) is 13.9. The van der Waals surface area contributed by atoms with Gasteiger partial charge in [-0.05, 0) is 68.1 Å². The number of hydrogen-bond donors (Lipinski definition) is 0. The second-order valence-electron chi connectivity index (χ2n) is 9.83. The zero-order valence-corrected chi connectivity index (χ0v) is 23.3. The Bertz CT molecular complexity index is 1420. The first-order chi connectivity index (χ1) is 19.8. The molecule has 0 saturated heterocycles. The molecule has 0 aliphatic rings. The van der Waals surface area contributed by atoms with Crippen molar-refractivity contribution in [1.82, 2.24) is 9.55 Å². The van der Waals surface area contributed by atoms with Crippen molar-refractivity contribution < 1.29 is 32.2 Å². The number of rotatable bonds is 14. The number of ether oxygens (including phenoxy) is 3. The van der Waals surface area contributed by atoms with Crippen LogP contribution in [0.5, 0.6) is 11.5 Å². The van der Waals surface area contributed by atoms with Crippen LogP contribution in [0.25, 0.3) is 22.4 Å². The van der Waals surface area contributed by atoms with E-state index in [1.165, 1.54) is 12.1 Å². The predicted molar refractivity (Wildman–Crippen MR) is 152 cm³/mol. The molecule has 0 spiro atoms. The Morgan fingerprint density at radius 3 is 2.39 bits per heavy atom. The zero-order valence-electron chi connectivity index (χ0n) is 23.3. The monoisotopic (exact) mass is 568 g/mol. The van der Waals surface area contributed by atoms with Gasteiger partial charge in [-0.2, -0.15) is 0 Å². The Labute approximate surface area is 238 Å². The van der Waals surface area contributed by atoms with Crippen LogP contribution in [-0.2, 0) is 16.1 Å². The van der Waals surface area contributed by atoms with Crippen molar-refractivity contribution >= 4 is 17.0 Å². The van der Waals surface area contributed by atoms with E-state index in [-0.39, 0.29) is 11.7 Å². The number of para-hydroxylation sites is 3. The molecule has 41 heavy (non-hydrogen) atoms. The molecule has 0 aliphatic heterocycles. The summed E-state index contributed by atoms with van der Waals surface area (Å²) in [6.45, 7) is 5.31. The van der Waals surface area contributed by atoms with Crippen LogP contribution in [0.1, 0.15) is 51.5 Å². The first-order valence-electron chi connectivity index (χ1n) is 13.9. The number of halogens is 3. The molecule has 4 rings (SSSR count). The third-order valence-corrected chi connectivity index (χ3v) is 6.84. The molecule has 0 N–H and O–H groups in total. The number of nitrogens with zero attached hydrogens (tertiary/aromatic N) is 2. The minimum absolute atomic E-state index is 0.161. The van der Waals surface area contributed by atoms with Gasteiger partial charge in [0.2, 0.25) is 0 Å². The summed E-state index contributed by atoms with van der Waals surface area (Å²) in [5.74, 6) is 1.30. The summed E-state index contributed by atoms with van der Waals surface area (Å²) in [5, 5.41) is 0. The van der Waals surface area contributed by atoms with Gasteiger partial charge in [0, 0.05) is 17.5 Å². The average molecular weight is 569 g/mol. The van der Waals surface area contributed by atoms with E-state index >= 15 is 0 Å². The number of benzene rings is 3. The molecule has 3 aromatic carbocycles. The van der Waals surface area contributed by atoms with Crippen LogP contribution < -0.4 is 9.47 Å². The summed E-state index contributed by atoms with van der Waals surface area (Å²) in [6, 6.07) is 21.2. The van der Waals surface area contributed by atoms with E-state index in [0.717, 1.165) is 48.0 Å². The first kappa shape index (κ1) is 30.0. The molecule has 0 radical (unpaired) electrons. The fourth-order valence-electron chi connectivity index (χ4n) is 4.94. The molecule has 4 aromatic rings. The van der Waals surface area contributed by atoms with E-state index < -0.39 is 6.36 Å². The topological polar surface area (TPSA) is 62.6 Å². The molecule has 1 aromatic heterocycles. The summed E-state index contributed by atoms with van der Waals surface area (Å²) >= 11 is 0. The van der Waals surface area contributed by atoms with Crippen LogP contribution in [0, 0.1) is 5.92 Å². The molecule has 6 nitrogen and oxygen atoms in total. The Morgan fingerprint density at radius 2 is 1.66 bits per heavy atom. The molecule has 0 aliphatic carbocycles. The molecular weight excluding hydrogens is 533 g/mol. The maximum atomic E-state index is 12.6. The van der Waals surface area contributed by atoms with E-state index in [4.69, 9.17) is 14.5 Å². The summed E-state index contributed by atoms with van der Waals surface area (Å²) in [4.78, 5) is 16.6. The van der Waals surface area contributed by atoms with E-state index in [9.17, 15) is 18.0 Å². The quantitative estimate of drug-likeness (QED) is 0.144. The van der Waals surface area contributed by atoms with Crippen LogP contribution in [0.2, 0.25) is 0 Å². The molecule has 1 unspecified atom stereocenters. The number of hydrogen-bond acceptors (Lipinski definition) is 5. The highest BCUT2D eigenvalue weighted by Crippen LogP contribution is 2.31. The number of aromatic nitrogens is 2. The van der Waals surface area contributed by atoms with Crippen LogP contribution in [-0.4, -0.2) is 35.1 Å². The van der Waals surface area contributed by atoms with Gasteiger partial charge in [-0.15, -0.1) is 13.2 Å². The lowest BCUT2D eigenvalue weighted by Gasteiger charge is -2.18. The largest absolute Gasteiger partial charge is 0.573 e. The third kappa shape index (κ3) is 8.49. The third-order valence-electron chi connectivity index (χ3n) is 6.84. The van der Waals surface area contributed by atoms with Crippen molar-refractivity contribution in [2.24, 2.45) is 5.92 Å². The molecule has 1 heterocycles. The van der Waals surface area contributed by atoms with Crippen molar-refractivity contribution in [2.75, 3.05) is 13.2 Å². The molecule has 0 fully saturated rings. The van der Waals surface area contributed by atoms with E-state index in [1.807, 2.05) is 60.0 Å². The normalized spacial score (nSPS) is 12.3. The second-order valence-corrected chi connectivity index (χ2v) is 9.83. The van der Waals surface area contributed by atoms with Gasteiger partial charge < -0.3 is 18.8 Å². The number of fused-ring (bicyclic) bond motifs is 1. The van der Waals surface area contributed by atoms with E-state index in [1.54, 1.807) is 12.1 Å². The van der Waals surface area contributed by atoms with E-state index in [0.29, 0.717) is 43.5 Å². The van der Waals surface area contributed by atoms with Gasteiger partial charge in [0.15, 0.2) is 0 Å². The highest BCUT2D eigenvalue weighted by Gasteiger charge is 2.31. The van der Waals surface area contributed by atoms with Crippen molar-refractivity contribution in [2.45, 2.75) is 58.9 Å². The summed E-state index contributed by atoms with van der Waals surface area (Å²) in [7, 11) is 0. The number of imidazole rings is 1. The number of carbonyl (C=O) groups is 1. The molecule has 218 valence electrons. The molecule has 0 saturated carbocycles. The minimum Gasteiger partial charge on any atom is -0.493 e. The number of esters is 1. The van der Waals surface area contributed by atoms with Crippen molar-refractivity contribution in [3.63, 3.8) is 0 Å². The zero-order chi connectivity index (χ0) is 29.2. The lowest BCUT2D eigenvalue weighted by atomic mass is 9.95. The molecule has 0 amide bonds. The maximum Gasteiger partial charge on any atom is 0.573 e. The van der Waals surface area contributed by atoms with Gasteiger partial charge in [0.1, 0.15) is 17.3 Å². The van der Waals surface area contributed by atoms with Crippen molar-refractivity contribution in [3.8, 4) is 22.9 Å². The summed E-state index contributed by atoms with van der Waals surface area (Å²) < 4.78 is 55.4. The van der Waals surface area contributed by atoms with Crippen LogP contribution in [0.15, 0.2) is 72.8 Å². The fourth-order valence-corrected chi connectivity index (χ4v) is 4.94. The molecular formula is C32H35F3N2O4. The van der Waals surface area contributed by atoms with Gasteiger partial charge >= 0.3 is 12.3 Å². The standard InChI is InChI=1S/C32H35F3N2O4/c1-3-9-23(14-19-30(38)39-4-2)20-21-40-29-13-8-5-10-25(29)22-37-28-12-7-6-11-27(28)36-31(37)24-15-17-26(18-16-24)41-32(33,34)35/h5-8,10-13,15-18,23H,3-4,9,14,19-22H2,1-2H3. The van der Waals surface area contributed by atoms with Crippen LogP contribution >= 0.6 is 0 Å². The Morgan fingerprint density at radius 1 is 0.927 bits per heavy atom. The Balaban J connectivity index is 1.52. The molecule has 0 bridgehead atoms. The van der Waals surface area contributed by atoms with Gasteiger partial charge in [-0.25, -0.2) is 4.98 Å². The molecule has 9 heteroatoms. The highest BCUT2D eigenvalue weighted by molar-refractivity contribution is 5.81. The average Bonchev–Trinajstić information content (AvgIpc) is 3.30. The van der Waals surface area contributed by atoms with Gasteiger partial charge in [0.25, 0.3) is 0 Å². The second kappa shape index (κ2) is 14.1. The number of carbonyl (C=O) groups excluding carboxylic acids is 1. The molecule has 1 atom stereocenters. The van der Waals surface area contributed by atoms with E-state index in [2.05, 4.69) is 11.7 Å². The highest BCUT2D eigenvalue weighted by atomic mass is 19.4. The number of alkyl halides is 3. The smallest absolute Gasteiger partial charge is 0.493 e. The van der Waals surface area contributed by atoms with Gasteiger partial charge in [-0.3, -0.25) is 4.79 Å². The van der Waals surface area contributed by atoms with Crippen molar-refractivity contribution in [1.29, 1.82) is 0 Å². The van der Waals surface area contributed by atoms with Gasteiger partial charge in [-0.1, -0.05) is 50.1 Å². The fraction of sp³-hybridized carbons (Fsp3) is 0.375. The Kier molecular flexibility index (Phi) is 10.3. The van der Waals surface area contributed by atoms with Crippen molar-refractivity contribution in [3.05, 3.63) is 78.4 Å². The van der Waals surface area contributed by atoms with Crippen LogP contribution in [0.3, 0.4) is 0 Å². The van der Waals surface area contributed by atoms with Gasteiger partial charge in [0.05, 0.1) is 30.8 Å². The summed E-state index contributed by atoms with van der Waals surface area (Å²) in [6.07, 6.45) is -0.696. The SMILES string of the molecule is CCCC(CCOc1ccccc1Cn1c(-c2ccc(OC(F)(F)F)cc2)nc2ccccc21)CCC(=O)OCC. The maximum absolute atomic E-state index is 12.6.